The van der Waals surface area contributed by atoms with Gasteiger partial charge in [-0.3, -0.25) is 9.59 Å². The highest BCUT2D eigenvalue weighted by molar-refractivity contribution is 5.71. The third-order valence-corrected chi connectivity index (χ3v) is 12.0. The molecule has 1 aliphatic heterocycles. The van der Waals surface area contributed by atoms with Crippen LogP contribution < -0.4 is 0 Å². The first-order valence-electron chi connectivity index (χ1n) is 17.5. The number of rotatable bonds is 12. The van der Waals surface area contributed by atoms with Crippen molar-refractivity contribution in [2.45, 2.75) is 141 Å². The minimum atomic E-state index is -1.56. The number of esters is 2. The Bertz CT molecular complexity index is 1230. The van der Waals surface area contributed by atoms with Crippen LogP contribution in [0.1, 0.15) is 92.9 Å². The van der Waals surface area contributed by atoms with Crippen LogP contribution in [0.15, 0.2) is 23.3 Å². The average molecular weight is 665 g/mol. The summed E-state index contributed by atoms with van der Waals surface area (Å²) in [5.74, 6) is -2.48. The molecule has 0 bridgehead atoms. The zero-order valence-corrected chi connectivity index (χ0v) is 28.8. The molecule has 3 fully saturated rings. The number of hydrogen-bond acceptors (Lipinski definition) is 11. The standard InChI is InChI=1S/C36H56O11/c1-7-8-9-10-11-12-27(39)46-32-20(3)35(43)24-14-19(2)13-23(24)15-22(16-25(35)31-34(5,6)36(31,32)47-21(4)38)18-44-33-30(42)29(41)28(40)26(17-37)45-33/h14,16,20,23-26,28-33,37,40-43H,7-13,15,17-18H2,1-6H3/t20-,23?,24?,25?,26?,28?,29?,30?,31?,32-,33?,35+,36-/m1/s1. The maximum absolute atomic E-state index is 13.3. The Morgan fingerprint density at radius 3 is 2.36 bits per heavy atom. The number of unbranched alkanes of at least 4 members (excludes halogenated alkanes) is 4. The molecule has 5 aliphatic rings. The fourth-order valence-corrected chi connectivity index (χ4v) is 9.67. The van der Waals surface area contributed by atoms with E-state index in [1.54, 1.807) is 0 Å². The molecule has 13 atom stereocenters. The number of allylic oxidation sites excluding steroid dienone is 1. The lowest BCUT2D eigenvalue weighted by Crippen LogP contribution is -2.63. The maximum atomic E-state index is 13.3. The van der Waals surface area contributed by atoms with Crippen molar-refractivity contribution in [1.82, 2.24) is 0 Å². The molecule has 0 radical (unpaired) electrons. The predicted octanol–water partition coefficient (Wildman–Crippen LogP) is 2.94. The largest absolute Gasteiger partial charge is 0.458 e. The lowest BCUT2D eigenvalue weighted by atomic mass is 9.60. The molecule has 11 heteroatoms. The molecule has 1 heterocycles. The van der Waals surface area contributed by atoms with Gasteiger partial charge < -0.3 is 44.5 Å². The number of aliphatic hydroxyl groups excluding tert-OH is 4. The van der Waals surface area contributed by atoms with Gasteiger partial charge in [0.2, 0.25) is 0 Å². The summed E-state index contributed by atoms with van der Waals surface area (Å²) >= 11 is 0. The minimum absolute atomic E-state index is 0.01000. The normalized spacial score (nSPS) is 43.4. The van der Waals surface area contributed by atoms with E-state index < -0.39 is 77.8 Å². The first-order valence-corrected chi connectivity index (χ1v) is 17.5. The molecule has 5 rings (SSSR count). The number of carbonyl (C=O) groups excluding carboxylic acids is 2. The Labute approximate surface area is 278 Å². The molecule has 0 aromatic heterocycles. The van der Waals surface area contributed by atoms with Crippen LogP contribution >= 0.6 is 0 Å². The molecule has 5 N–H and O–H groups in total. The highest BCUT2D eigenvalue weighted by Gasteiger charge is 2.87. The molecule has 4 aliphatic carbocycles. The molecule has 2 saturated carbocycles. The third kappa shape index (κ3) is 6.23. The van der Waals surface area contributed by atoms with E-state index >= 15 is 0 Å². The highest BCUT2D eigenvalue weighted by atomic mass is 16.7. The van der Waals surface area contributed by atoms with Crippen molar-refractivity contribution in [2.24, 2.45) is 35.0 Å². The van der Waals surface area contributed by atoms with E-state index in [1.165, 1.54) is 6.92 Å². The highest BCUT2D eigenvalue weighted by Crippen LogP contribution is 2.77. The van der Waals surface area contributed by atoms with Gasteiger partial charge in [0.15, 0.2) is 11.9 Å². The number of fused-ring (bicyclic) bond motifs is 5. The molecular weight excluding hydrogens is 608 g/mol. The molecule has 0 spiro atoms. The Hall–Kier alpha value is -1.86. The Balaban J connectivity index is 1.47. The molecule has 11 nitrogen and oxygen atoms in total. The first kappa shape index (κ1) is 36.4. The van der Waals surface area contributed by atoms with Crippen molar-refractivity contribution in [3.63, 3.8) is 0 Å². The van der Waals surface area contributed by atoms with Gasteiger partial charge >= 0.3 is 11.9 Å². The van der Waals surface area contributed by atoms with Crippen LogP contribution in [0.4, 0.5) is 0 Å². The molecule has 9 unspecified atom stereocenters. The second-order valence-electron chi connectivity index (χ2n) is 15.4. The summed E-state index contributed by atoms with van der Waals surface area (Å²) < 4.78 is 24.1. The van der Waals surface area contributed by atoms with E-state index in [9.17, 15) is 35.1 Å². The lowest BCUT2D eigenvalue weighted by Gasteiger charge is -2.52. The molecule has 0 amide bonds. The van der Waals surface area contributed by atoms with Crippen LogP contribution in [0.25, 0.3) is 0 Å². The number of ether oxygens (including phenoxy) is 4. The van der Waals surface area contributed by atoms with Gasteiger partial charge in [-0.05, 0) is 37.7 Å². The van der Waals surface area contributed by atoms with Crippen molar-refractivity contribution in [1.29, 1.82) is 0 Å². The average Bonchev–Trinajstić information content (AvgIpc) is 3.29. The van der Waals surface area contributed by atoms with Crippen LogP contribution in [-0.4, -0.2) is 98.7 Å². The van der Waals surface area contributed by atoms with Crippen molar-refractivity contribution >= 4 is 11.9 Å². The second kappa shape index (κ2) is 13.8. The molecule has 0 aromatic carbocycles. The Kier molecular flexibility index (Phi) is 10.7. The molecular formula is C36H56O11. The third-order valence-electron chi connectivity index (χ3n) is 12.0. The van der Waals surface area contributed by atoms with Crippen LogP contribution in [0.5, 0.6) is 0 Å². The summed E-state index contributed by atoms with van der Waals surface area (Å²) in [5.41, 5.74) is -1.09. The molecule has 47 heavy (non-hydrogen) atoms. The number of hydrogen-bond donors (Lipinski definition) is 5. The van der Waals surface area contributed by atoms with Crippen molar-refractivity contribution < 1.29 is 54.1 Å². The van der Waals surface area contributed by atoms with Gasteiger partial charge in [-0.2, -0.15) is 0 Å². The van der Waals surface area contributed by atoms with Crippen LogP contribution in [0, 0.1) is 35.0 Å². The monoisotopic (exact) mass is 664 g/mol. The summed E-state index contributed by atoms with van der Waals surface area (Å²) in [4.78, 5) is 26.0. The van der Waals surface area contributed by atoms with Crippen LogP contribution in [0.2, 0.25) is 0 Å². The van der Waals surface area contributed by atoms with E-state index in [1.807, 2.05) is 26.8 Å². The van der Waals surface area contributed by atoms with Crippen LogP contribution in [-0.2, 0) is 28.5 Å². The van der Waals surface area contributed by atoms with E-state index in [-0.39, 0.29) is 36.8 Å². The van der Waals surface area contributed by atoms with E-state index in [0.717, 1.165) is 43.3 Å². The lowest BCUT2D eigenvalue weighted by molar-refractivity contribution is -0.299. The Morgan fingerprint density at radius 2 is 1.70 bits per heavy atom. The predicted molar refractivity (Wildman–Crippen MR) is 170 cm³/mol. The summed E-state index contributed by atoms with van der Waals surface area (Å²) in [5, 5.41) is 53.7. The SMILES string of the molecule is CCCCCCCC(=O)O[C@@H]1[C@@H](C)[C@]2(O)C3C=C(C)CC3CC(COC3OC(CO)C(O)C(O)C3O)=CC2C2C(C)(C)[C@@]21OC(C)=O. The smallest absolute Gasteiger partial charge is 0.306 e. The zero-order valence-electron chi connectivity index (χ0n) is 28.8. The topological polar surface area (TPSA) is 172 Å². The van der Waals surface area contributed by atoms with Crippen molar-refractivity contribution in [3.05, 3.63) is 23.3 Å². The summed E-state index contributed by atoms with van der Waals surface area (Å²) in [6.45, 7) is 10.9. The second-order valence-corrected chi connectivity index (χ2v) is 15.4. The van der Waals surface area contributed by atoms with Crippen molar-refractivity contribution in [2.75, 3.05) is 13.2 Å². The van der Waals surface area contributed by atoms with Crippen LogP contribution in [0.3, 0.4) is 0 Å². The van der Waals surface area contributed by atoms with E-state index in [4.69, 9.17) is 18.9 Å². The quantitative estimate of drug-likeness (QED) is 0.118. The molecule has 0 aromatic rings. The number of carbonyl (C=O) groups is 2. The van der Waals surface area contributed by atoms with Gasteiger partial charge in [0.05, 0.1) is 18.8 Å². The molecule has 266 valence electrons. The maximum Gasteiger partial charge on any atom is 0.306 e. The molecule has 1 saturated heterocycles. The van der Waals surface area contributed by atoms with E-state index in [0.29, 0.717) is 12.8 Å². The van der Waals surface area contributed by atoms with Gasteiger partial charge in [-0.1, -0.05) is 71.1 Å². The van der Waals surface area contributed by atoms with Gasteiger partial charge in [0.25, 0.3) is 0 Å². The Morgan fingerprint density at radius 1 is 1.00 bits per heavy atom. The van der Waals surface area contributed by atoms with Crippen molar-refractivity contribution in [3.8, 4) is 0 Å². The summed E-state index contributed by atoms with van der Waals surface area (Å²) in [6, 6.07) is 0. The van der Waals surface area contributed by atoms with Gasteiger partial charge in [0, 0.05) is 42.4 Å². The van der Waals surface area contributed by atoms with E-state index in [2.05, 4.69) is 19.9 Å². The minimum Gasteiger partial charge on any atom is -0.458 e. The summed E-state index contributed by atoms with van der Waals surface area (Å²) in [6.07, 6.45) is 2.89. The van der Waals surface area contributed by atoms with Gasteiger partial charge in [-0.15, -0.1) is 0 Å². The zero-order chi connectivity index (χ0) is 34.5. The first-order chi connectivity index (χ1) is 22.1. The number of aliphatic hydroxyl groups is 5. The fourth-order valence-electron chi connectivity index (χ4n) is 9.67. The van der Waals surface area contributed by atoms with Gasteiger partial charge in [0.1, 0.15) is 30.5 Å². The van der Waals surface area contributed by atoms with Gasteiger partial charge in [-0.25, -0.2) is 0 Å². The fraction of sp³-hybridized carbons (Fsp3) is 0.833. The summed E-state index contributed by atoms with van der Waals surface area (Å²) in [7, 11) is 0.